The summed E-state index contributed by atoms with van der Waals surface area (Å²) in [6, 6.07) is 81.9. The van der Waals surface area contributed by atoms with Gasteiger partial charge < -0.3 is 18.3 Å². The van der Waals surface area contributed by atoms with Gasteiger partial charge in [-0.05, 0) is 126 Å². The van der Waals surface area contributed by atoms with Gasteiger partial charge in [0.1, 0.15) is 0 Å². The summed E-state index contributed by atoms with van der Waals surface area (Å²) in [6.07, 6.45) is 0. The highest BCUT2D eigenvalue weighted by molar-refractivity contribution is 6.14. The molecule has 0 saturated carbocycles. The van der Waals surface area contributed by atoms with E-state index in [0.717, 1.165) is 88.5 Å². The van der Waals surface area contributed by atoms with Gasteiger partial charge in [-0.15, -0.1) is 0 Å². The minimum atomic E-state index is 0.578. The Hall–Kier alpha value is -9.62. The Morgan fingerprint density at radius 2 is 0.603 bits per heavy atom. The van der Waals surface area contributed by atoms with Crippen LogP contribution in [0.2, 0.25) is 0 Å². The second-order valence-electron chi connectivity index (χ2n) is 17.6. The Morgan fingerprint density at radius 1 is 0.235 bits per heavy atom. The van der Waals surface area contributed by atoms with Gasteiger partial charge >= 0.3 is 0 Å². The predicted octanol–water partition coefficient (Wildman–Crippen LogP) is 15.5. The Kier molecular flexibility index (Phi) is 8.01. The molecule has 0 aliphatic heterocycles. The quantitative estimate of drug-likeness (QED) is 0.173. The highest BCUT2D eigenvalue weighted by atomic mass is 15.0. The zero-order valence-corrected chi connectivity index (χ0v) is 36.5. The van der Waals surface area contributed by atoms with Crippen LogP contribution in [0.5, 0.6) is 0 Å². The van der Waals surface area contributed by atoms with Crippen molar-refractivity contribution in [1.82, 2.24) is 18.3 Å². The lowest BCUT2D eigenvalue weighted by atomic mass is 10.0. The molecule has 10 aromatic carbocycles. The molecule has 0 atom stereocenters. The van der Waals surface area contributed by atoms with Crippen LogP contribution >= 0.6 is 0 Å². The number of benzene rings is 10. The number of rotatable bonds is 5. The van der Waals surface area contributed by atoms with Gasteiger partial charge in [0.15, 0.2) is 0 Å². The summed E-state index contributed by atoms with van der Waals surface area (Å²) >= 11 is 0. The molecule has 68 heavy (non-hydrogen) atoms. The maximum atomic E-state index is 10.6. The minimum Gasteiger partial charge on any atom is -0.309 e. The van der Waals surface area contributed by atoms with Crippen LogP contribution in [0.15, 0.2) is 218 Å². The lowest BCUT2D eigenvalue weighted by Gasteiger charge is -2.14. The van der Waals surface area contributed by atoms with E-state index in [4.69, 9.17) is 0 Å². The molecule has 0 saturated heterocycles. The van der Waals surface area contributed by atoms with Gasteiger partial charge in [0, 0.05) is 65.8 Å². The predicted molar refractivity (Wildman–Crippen MR) is 279 cm³/mol. The molecular weight excluding hydrogens is 829 g/mol. The number of para-hydroxylation sites is 5. The fraction of sp³-hybridized carbons (Fsp3) is 0. The number of hydrogen-bond donors (Lipinski definition) is 0. The summed E-state index contributed by atoms with van der Waals surface area (Å²) in [5.74, 6) is 0. The third-order valence-electron chi connectivity index (χ3n) is 14.0. The van der Waals surface area contributed by atoms with E-state index in [9.17, 15) is 10.5 Å². The van der Waals surface area contributed by atoms with Crippen molar-refractivity contribution in [2.24, 2.45) is 0 Å². The second kappa shape index (κ2) is 14.4. The average Bonchev–Trinajstić information content (AvgIpc) is 4.13. The first-order valence-corrected chi connectivity index (χ1v) is 22.8. The van der Waals surface area contributed by atoms with E-state index in [2.05, 4.69) is 225 Å². The van der Waals surface area contributed by atoms with E-state index in [1.807, 2.05) is 24.3 Å². The molecule has 0 amide bonds. The molecule has 0 aliphatic carbocycles. The van der Waals surface area contributed by atoms with Gasteiger partial charge in [0.05, 0.1) is 67.4 Å². The van der Waals surface area contributed by atoms with E-state index >= 15 is 0 Å². The molecule has 14 rings (SSSR count). The van der Waals surface area contributed by atoms with Gasteiger partial charge in [0.25, 0.3) is 0 Å². The molecule has 6 heteroatoms. The van der Waals surface area contributed by atoms with E-state index in [1.54, 1.807) is 0 Å². The van der Waals surface area contributed by atoms with Gasteiger partial charge in [-0.3, -0.25) is 0 Å². The van der Waals surface area contributed by atoms with Crippen molar-refractivity contribution in [2.45, 2.75) is 0 Å². The molecule has 0 spiro atoms. The number of nitrogens with zero attached hydrogens (tertiary/aromatic N) is 6. The van der Waals surface area contributed by atoms with E-state index in [0.29, 0.717) is 11.1 Å². The maximum Gasteiger partial charge on any atom is 0.0992 e. The largest absolute Gasteiger partial charge is 0.309 e. The summed E-state index contributed by atoms with van der Waals surface area (Å²) in [4.78, 5) is 0. The van der Waals surface area contributed by atoms with E-state index < -0.39 is 0 Å². The van der Waals surface area contributed by atoms with Crippen molar-refractivity contribution < 1.29 is 0 Å². The standard InChI is InChI=1S/C62H36N6/c63-37-39-24-27-60-52(32-39)54-36-45(67-57-21-8-3-16-49(57)50-17-4-9-22-58(50)67)26-29-62(54)65(60)43-13-11-12-41(33-43)42-30-40(38-64)31-46(34-42)68-59-23-10-5-18-51(59)53-35-44(25-28-61(53)68)66-55-19-6-1-14-47(55)48-15-2-7-20-56(48)66/h1-36H. The molecule has 14 aromatic rings. The zero-order valence-electron chi connectivity index (χ0n) is 36.5. The van der Waals surface area contributed by atoms with Crippen LogP contribution in [0.3, 0.4) is 0 Å². The Bertz CT molecular complexity index is 4430. The number of fused-ring (bicyclic) bond motifs is 12. The summed E-state index contributed by atoms with van der Waals surface area (Å²) in [7, 11) is 0. The van der Waals surface area contributed by atoms with Gasteiger partial charge in [0.2, 0.25) is 0 Å². The van der Waals surface area contributed by atoms with Crippen molar-refractivity contribution in [3.8, 4) is 46.0 Å². The van der Waals surface area contributed by atoms with Gasteiger partial charge in [-0.25, -0.2) is 0 Å². The van der Waals surface area contributed by atoms with Crippen molar-refractivity contribution in [3.63, 3.8) is 0 Å². The van der Waals surface area contributed by atoms with Crippen molar-refractivity contribution in [2.75, 3.05) is 0 Å². The molecule has 4 aromatic heterocycles. The van der Waals surface area contributed by atoms with Crippen molar-refractivity contribution in [3.05, 3.63) is 230 Å². The first-order chi connectivity index (χ1) is 33.6. The first kappa shape index (κ1) is 37.7. The highest BCUT2D eigenvalue weighted by Gasteiger charge is 2.20. The van der Waals surface area contributed by atoms with Gasteiger partial charge in [-0.2, -0.15) is 10.5 Å². The summed E-state index contributed by atoms with van der Waals surface area (Å²) < 4.78 is 9.29. The highest BCUT2D eigenvalue weighted by Crippen LogP contribution is 2.40. The summed E-state index contributed by atoms with van der Waals surface area (Å²) in [5, 5.41) is 29.9. The zero-order chi connectivity index (χ0) is 45.0. The summed E-state index contributed by atoms with van der Waals surface area (Å²) in [5.41, 5.74) is 16.0. The van der Waals surface area contributed by atoms with Crippen LogP contribution in [0, 0.1) is 22.7 Å². The van der Waals surface area contributed by atoms with Crippen LogP contribution in [-0.4, -0.2) is 18.3 Å². The smallest absolute Gasteiger partial charge is 0.0992 e. The lowest BCUT2D eigenvalue weighted by Crippen LogP contribution is -1.98. The lowest BCUT2D eigenvalue weighted by molar-refractivity contribution is 1.16. The van der Waals surface area contributed by atoms with Crippen molar-refractivity contribution >= 4 is 87.2 Å². The number of hydrogen-bond acceptors (Lipinski definition) is 2. The van der Waals surface area contributed by atoms with Crippen LogP contribution in [0.25, 0.3) is 121 Å². The fourth-order valence-corrected chi connectivity index (χ4v) is 11.1. The maximum absolute atomic E-state index is 10.6. The Labute approximate surface area is 389 Å². The molecule has 0 unspecified atom stereocenters. The van der Waals surface area contributed by atoms with Crippen LogP contribution in [0.1, 0.15) is 11.1 Å². The molecule has 0 fully saturated rings. The molecule has 4 heterocycles. The van der Waals surface area contributed by atoms with E-state index in [1.165, 1.54) is 32.6 Å². The third kappa shape index (κ3) is 5.43. The third-order valence-corrected chi connectivity index (χ3v) is 14.0. The van der Waals surface area contributed by atoms with Gasteiger partial charge in [-0.1, -0.05) is 103 Å². The Morgan fingerprint density at radius 3 is 1.09 bits per heavy atom. The first-order valence-electron chi connectivity index (χ1n) is 22.8. The van der Waals surface area contributed by atoms with Crippen LogP contribution in [-0.2, 0) is 0 Å². The molecule has 0 bridgehead atoms. The topological polar surface area (TPSA) is 67.3 Å². The van der Waals surface area contributed by atoms with Crippen LogP contribution in [0.4, 0.5) is 0 Å². The fourth-order valence-electron chi connectivity index (χ4n) is 11.1. The SMILES string of the molecule is N#Cc1cc(-c2cccc(-n3c4ccc(C#N)cc4c4cc(-n5c6ccccc6c6ccccc65)ccc43)c2)cc(-n2c3ccccc3c3cc(-n4c5ccccc5c5ccccc54)ccc32)c1. The van der Waals surface area contributed by atoms with E-state index in [-0.39, 0.29) is 0 Å². The number of aromatic nitrogens is 4. The Balaban J connectivity index is 0.927. The summed E-state index contributed by atoms with van der Waals surface area (Å²) in [6.45, 7) is 0. The minimum absolute atomic E-state index is 0.578. The average molecular weight is 865 g/mol. The molecule has 6 nitrogen and oxygen atoms in total. The molecule has 314 valence electrons. The normalized spacial score (nSPS) is 11.8. The second-order valence-corrected chi connectivity index (χ2v) is 17.6. The number of nitriles is 2. The molecular formula is C62H36N6. The molecule has 0 aliphatic rings. The van der Waals surface area contributed by atoms with Crippen molar-refractivity contribution in [1.29, 1.82) is 10.5 Å². The molecule has 0 N–H and O–H groups in total. The molecule has 0 radical (unpaired) electrons. The van der Waals surface area contributed by atoms with Crippen LogP contribution < -0.4 is 0 Å². The monoisotopic (exact) mass is 864 g/mol.